The summed E-state index contributed by atoms with van der Waals surface area (Å²) in [5.41, 5.74) is 1.93. The molecule has 1 atom stereocenters. The van der Waals surface area contributed by atoms with Gasteiger partial charge in [0.1, 0.15) is 5.75 Å². The molecule has 2 aromatic carbocycles. The van der Waals surface area contributed by atoms with Crippen molar-refractivity contribution in [1.82, 2.24) is 15.5 Å². The van der Waals surface area contributed by atoms with Crippen LogP contribution in [-0.4, -0.2) is 22.2 Å². The summed E-state index contributed by atoms with van der Waals surface area (Å²) in [5, 5.41) is 6.71. The summed E-state index contributed by atoms with van der Waals surface area (Å²) in [4.78, 5) is 16.7. The van der Waals surface area contributed by atoms with Gasteiger partial charge in [-0.05, 0) is 24.5 Å². The largest absolute Gasteiger partial charge is 0.481 e. The summed E-state index contributed by atoms with van der Waals surface area (Å²) in [6.45, 7) is 6.05. The second-order valence-corrected chi connectivity index (χ2v) is 6.55. The number of para-hydroxylation sites is 1. The van der Waals surface area contributed by atoms with Crippen molar-refractivity contribution in [2.75, 3.05) is 0 Å². The number of carbonyl (C=O) groups is 1. The molecule has 0 spiro atoms. The molecule has 0 aliphatic carbocycles. The highest BCUT2D eigenvalue weighted by Crippen LogP contribution is 2.26. The van der Waals surface area contributed by atoms with E-state index in [0.29, 0.717) is 17.6 Å². The second kappa shape index (κ2) is 8.49. The van der Waals surface area contributed by atoms with Crippen LogP contribution in [0.4, 0.5) is 0 Å². The zero-order chi connectivity index (χ0) is 19.2. The average Bonchev–Trinajstić information content (AvgIpc) is 3.16. The molecule has 0 aliphatic heterocycles. The van der Waals surface area contributed by atoms with Gasteiger partial charge in [-0.1, -0.05) is 67.5 Å². The van der Waals surface area contributed by atoms with Crippen LogP contribution in [0.15, 0.2) is 59.1 Å². The minimum atomic E-state index is -0.638. The van der Waals surface area contributed by atoms with E-state index in [9.17, 15) is 4.79 Å². The quantitative estimate of drug-likeness (QED) is 0.686. The van der Waals surface area contributed by atoms with E-state index < -0.39 is 6.10 Å². The second-order valence-electron chi connectivity index (χ2n) is 6.55. The van der Waals surface area contributed by atoms with Crippen LogP contribution in [0.1, 0.15) is 38.1 Å². The Morgan fingerprint density at radius 1 is 1.07 bits per heavy atom. The number of ether oxygens (including phenoxy) is 1. The van der Waals surface area contributed by atoms with Crippen LogP contribution in [-0.2, 0) is 11.3 Å². The predicted octanol–water partition coefficient (Wildman–Crippen LogP) is 3.94. The van der Waals surface area contributed by atoms with Crippen LogP contribution < -0.4 is 10.1 Å². The monoisotopic (exact) mass is 365 g/mol. The van der Waals surface area contributed by atoms with E-state index >= 15 is 0 Å². The van der Waals surface area contributed by atoms with E-state index in [1.807, 2.05) is 54.6 Å². The van der Waals surface area contributed by atoms with Crippen LogP contribution >= 0.6 is 0 Å². The zero-order valence-corrected chi connectivity index (χ0v) is 15.7. The molecule has 1 heterocycles. The Morgan fingerprint density at radius 2 is 1.78 bits per heavy atom. The van der Waals surface area contributed by atoms with Crippen molar-refractivity contribution in [3.05, 3.63) is 66.1 Å². The lowest BCUT2D eigenvalue weighted by Gasteiger charge is -2.18. The number of hydrogen-bond donors (Lipinski definition) is 1. The topological polar surface area (TPSA) is 77.2 Å². The van der Waals surface area contributed by atoms with E-state index in [0.717, 1.165) is 16.9 Å². The highest BCUT2D eigenvalue weighted by Gasteiger charge is 2.18. The molecule has 0 unspecified atom stereocenters. The Kier molecular flexibility index (Phi) is 5.86. The van der Waals surface area contributed by atoms with Crippen LogP contribution in [0.2, 0.25) is 0 Å². The lowest BCUT2D eigenvalue weighted by atomic mass is 10.0. The van der Waals surface area contributed by atoms with Gasteiger partial charge in [-0.2, -0.15) is 4.98 Å². The summed E-state index contributed by atoms with van der Waals surface area (Å²) in [6, 6.07) is 17.3. The maximum Gasteiger partial charge on any atom is 0.261 e. The molecule has 6 nitrogen and oxygen atoms in total. The number of carbonyl (C=O) groups excluding carboxylic acids is 1. The summed E-state index contributed by atoms with van der Waals surface area (Å²) in [7, 11) is 0. The molecule has 0 saturated heterocycles. The summed E-state index contributed by atoms with van der Waals surface area (Å²) in [5.74, 6) is 1.63. The number of rotatable bonds is 7. The number of nitrogens with one attached hydrogen (secondary N) is 1. The first-order chi connectivity index (χ1) is 13.0. The van der Waals surface area contributed by atoms with Gasteiger partial charge >= 0.3 is 0 Å². The Labute approximate surface area is 158 Å². The summed E-state index contributed by atoms with van der Waals surface area (Å²) >= 11 is 0. The molecule has 1 aromatic heterocycles. The fourth-order valence-electron chi connectivity index (χ4n) is 2.65. The van der Waals surface area contributed by atoms with E-state index in [-0.39, 0.29) is 12.5 Å². The third-order valence-corrected chi connectivity index (χ3v) is 4.13. The standard InChI is InChI=1S/C21H23N3O3/c1-14(2)17-11-7-8-12-18(17)26-15(3)21(25)22-13-19-23-20(24-27-19)16-9-5-4-6-10-16/h4-12,14-15H,13H2,1-3H3,(H,22,25)/t15-/m0/s1. The molecule has 1 N–H and O–H groups in total. The number of hydrogen-bond acceptors (Lipinski definition) is 5. The fourth-order valence-corrected chi connectivity index (χ4v) is 2.65. The number of nitrogens with zero attached hydrogens (tertiary/aromatic N) is 2. The van der Waals surface area contributed by atoms with Crippen molar-refractivity contribution < 1.29 is 14.1 Å². The molecule has 0 saturated carbocycles. The first kappa shape index (κ1) is 18.6. The van der Waals surface area contributed by atoms with Gasteiger partial charge in [0.25, 0.3) is 5.91 Å². The molecule has 3 rings (SSSR count). The number of aromatic nitrogens is 2. The minimum Gasteiger partial charge on any atom is -0.481 e. The molecule has 0 aliphatic rings. The van der Waals surface area contributed by atoms with Gasteiger partial charge in [-0.25, -0.2) is 0 Å². The highest BCUT2D eigenvalue weighted by atomic mass is 16.5. The summed E-state index contributed by atoms with van der Waals surface area (Å²) < 4.78 is 11.1. The van der Waals surface area contributed by atoms with Gasteiger partial charge in [0.2, 0.25) is 11.7 Å². The third-order valence-electron chi connectivity index (χ3n) is 4.13. The average molecular weight is 365 g/mol. The van der Waals surface area contributed by atoms with Crippen molar-refractivity contribution in [2.45, 2.75) is 39.3 Å². The molecule has 3 aromatic rings. The van der Waals surface area contributed by atoms with Crippen molar-refractivity contribution in [1.29, 1.82) is 0 Å². The van der Waals surface area contributed by atoms with Crippen LogP contribution in [0.25, 0.3) is 11.4 Å². The zero-order valence-electron chi connectivity index (χ0n) is 15.7. The summed E-state index contributed by atoms with van der Waals surface area (Å²) in [6.07, 6.45) is -0.638. The predicted molar refractivity (Wildman–Crippen MR) is 102 cm³/mol. The molecular formula is C21H23N3O3. The molecule has 1 amide bonds. The van der Waals surface area contributed by atoms with Gasteiger partial charge in [-0.15, -0.1) is 0 Å². The molecule has 140 valence electrons. The Balaban J connectivity index is 1.57. The van der Waals surface area contributed by atoms with E-state index in [4.69, 9.17) is 9.26 Å². The van der Waals surface area contributed by atoms with Crippen molar-refractivity contribution in [2.24, 2.45) is 0 Å². The first-order valence-electron chi connectivity index (χ1n) is 8.96. The van der Waals surface area contributed by atoms with E-state index in [1.165, 1.54) is 0 Å². The van der Waals surface area contributed by atoms with Crippen molar-refractivity contribution >= 4 is 5.91 Å². The van der Waals surface area contributed by atoms with Gasteiger partial charge in [0.05, 0.1) is 6.54 Å². The molecular weight excluding hydrogens is 342 g/mol. The minimum absolute atomic E-state index is 0.151. The molecule has 6 heteroatoms. The lowest BCUT2D eigenvalue weighted by molar-refractivity contribution is -0.127. The van der Waals surface area contributed by atoms with E-state index in [1.54, 1.807) is 6.92 Å². The normalized spacial score (nSPS) is 12.0. The maximum atomic E-state index is 12.4. The maximum absolute atomic E-state index is 12.4. The smallest absolute Gasteiger partial charge is 0.261 e. The fraction of sp³-hybridized carbons (Fsp3) is 0.286. The Bertz CT molecular complexity index is 890. The van der Waals surface area contributed by atoms with Crippen molar-refractivity contribution in [3.63, 3.8) is 0 Å². The van der Waals surface area contributed by atoms with Crippen LogP contribution in [0, 0.1) is 0 Å². The van der Waals surface area contributed by atoms with Gasteiger partial charge in [0, 0.05) is 5.56 Å². The Morgan fingerprint density at radius 3 is 2.52 bits per heavy atom. The lowest BCUT2D eigenvalue weighted by Crippen LogP contribution is -2.36. The molecule has 0 radical (unpaired) electrons. The van der Waals surface area contributed by atoms with Gasteiger partial charge < -0.3 is 14.6 Å². The first-order valence-corrected chi connectivity index (χ1v) is 8.96. The SMILES string of the molecule is CC(C)c1ccccc1O[C@@H](C)C(=O)NCc1nc(-c2ccccc2)no1. The van der Waals surface area contributed by atoms with Gasteiger partial charge in [0.15, 0.2) is 6.10 Å². The third kappa shape index (κ3) is 4.73. The molecule has 0 bridgehead atoms. The molecule has 0 fully saturated rings. The van der Waals surface area contributed by atoms with Gasteiger partial charge in [-0.3, -0.25) is 4.79 Å². The molecule has 27 heavy (non-hydrogen) atoms. The van der Waals surface area contributed by atoms with Crippen LogP contribution in [0.3, 0.4) is 0 Å². The number of benzene rings is 2. The van der Waals surface area contributed by atoms with Crippen molar-refractivity contribution in [3.8, 4) is 17.1 Å². The highest BCUT2D eigenvalue weighted by molar-refractivity contribution is 5.80. The van der Waals surface area contributed by atoms with E-state index in [2.05, 4.69) is 29.3 Å². The number of amides is 1. The Hall–Kier alpha value is -3.15. The van der Waals surface area contributed by atoms with Crippen LogP contribution in [0.5, 0.6) is 5.75 Å².